The molecule has 0 radical (unpaired) electrons. The number of benzene rings is 2. The van der Waals surface area contributed by atoms with Crippen molar-refractivity contribution in [3.63, 3.8) is 0 Å². The van der Waals surface area contributed by atoms with Crippen molar-refractivity contribution in [1.82, 2.24) is 0 Å². The van der Waals surface area contributed by atoms with Crippen LogP contribution in [0, 0.1) is 3.57 Å². The first-order valence-electron chi connectivity index (χ1n) is 6.41. The third-order valence-corrected chi connectivity index (χ3v) is 3.70. The Kier molecular flexibility index (Phi) is 5.80. The van der Waals surface area contributed by atoms with Gasteiger partial charge < -0.3 is 9.47 Å². The molecule has 0 bridgehead atoms. The maximum Gasteiger partial charge on any atom is 0.330 e. The van der Waals surface area contributed by atoms with E-state index in [0.717, 1.165) is 20.4 Å². The Morgan fingerprint density at radius 2 is 1.95 bits per heavy atom. The number of methoxy groups -OCH3 is 1. The van der Waals surface area contributed by atoms with Crippen LogP contribution >= 0.6 is 22.6 Å². The molecule has 0 heterocycles. The maximum atomic E-state index is 11.1. The number of carbonyl (C=O) groups excluding carboxylic acids is 1. The van der Waals surface area contributed by atoms with E-state index in [9.17, 15) is 4.79 Å². The number of hydrogen-bond acceptors (Lipinski definition) is 3. The molecule has 0 saturated heterocycles. The van der Waals surface area contributed by atoms with E-state index in [1.807, 2.05) is 48.5 Å². The first kappa shape index (κ1) is 15.6. The van der Waals surface area contributed by atoms with E-state index >= 15 is 0 Å². The summed E-state index contributed by atoms with van der Waals surface area (Å²) in [6, 6.07) is 15.8. The summed E-state index contributed by atoms with van der Waals surface area (Å²) < 4.78 is 11.4. The standard InChI is InChI=1S/C17H15IO3/c1-20-17(19)10-8-13-7-9-15(18)16(11-13)21-12-14-5-3-2-4-6-14/h2-11H,12H2,1H3/b10-8+. The van der Waals surface area contributed by atoms with Crippen molar-refractivity contribution < 1.29 is 14.3 Å². The molecule has 0 fully saturated rings. The fourth-order valence-corrected chi connectivity index (χ4v) is 2.19. The van der Waals surface area contributed by atoms with Crippen molar-refractivity contribution >= 4 is 34.6 Å². The summed E-state index contributed by atoms with van der Waals surface area (Å²) in [5, 5.41) is 0. The first-order chi connectivity index (χ1) is 10.2. The molecule has 21 heavy (non-hydrogen) atoms. The Hall–Kier alpha value is -1.82. The molecule has 108 valence electrons. The first-order valence-corrected chi connectivity index (χ1v) is 7.49. The number of ether oxygens (including phenoxy) is 2. The van der Waals surface area contributed by atoms with Crippen molar-refractivity contribution in [2.24, 2.45) is 0 Å². The molecule has 0 saturated carbocycles. The summed E-state index contributed by atoms with van der Waals surface area (Å²) in [6.07, 6.45) is 3.10. The van der Waals surface area contributed by atoms with Gasteiger partial charge in [0.05, 0.1) is 10.7 Å². The van der Waals surface area contributed by atoms with Crippen molar-refractivity contribution in [2.75, 3.05) is 7.11 Å². The van der Waals surface area contributed by atoms with Crippen molar-refractivity contribution in [1.29, 1.82) is 0 Å². The van der Waals surface area contributed by atoms with Crippen molar-refractivity contribution in [2.45, 2.75) is 6.61 Å². The van der Waals surface area contributed by atoms with E-state index in [1.165, 1.54) is 13.2 Å². The SMILES string of the molecule is COC(=O)/C=C/c1ccc(I)c(OCc2ccccc2)c1. The minimum Gasteiger partial charge on any atom is -0.488 e. The fraction of sp³-hybridized carbons (Fsp3) is 0.118. The van der Waals surface area contributed by atoms with Gasteiger partial charge in [0.2, 0.25) is 0 Å². The van der Waals surface area contributed by atoms with Crippen LogP contribution in [0.2, 0.25) is 0 Å². The number of esters is 1. The third-order valence-electron chi connectivity index (χ3n) is 2.81. The molecule has 2 aromatic rings. The highest BCUT2D eigenvalue weighted by Gasteiger charge is 2.03. The van der Waals surface area contributed by atoms with Gasteiger partial charge in [0, 0.05) is 6.08 Å². The van der Waals surface area contributed by atoms with Gasteiger partial charge in [0.15, 0.2) is 0 Å². The van der Waals surface area contributed by atoms with Gasteiger partial charge >= 0.3 is 5.97 Å². The van der Waals surface area contributed by atoms with E-state index in [1.54, 1.807) is 6.08 Å². The minimum atomic E-state index is -0.375. The zero-order valence-corrected chi connectivity index (χ0v) is 13.7. The highest BCUT2D eigenvalue weighted by Crippen LogP contribution is 2.24. The minimum absolute atomic E-state index is 0.375. The Morgan fingerprint density at radius 3 is 2.67 bits per heavy atom. The number of rotatable bonds is 5. The molecule has 2 aromatic carbocycles. The second-order valence-electron chi connectivity index (χ2n) is 4.32. The fourth-order valence-electron chi connectivity index (χ4n) is 1.70. The molecule has 0 aliphatic heterocycles. The Morgan fingerprint density at radius 1 is 1.19 bits per heavy atom. The molecule has 0 aromatic heterocycles. The molecule has 0 aliphatic rings. The second kappa shape index (κ2) is 7.83. The lowest BCUT2D eigenvalue weighted by atomic mass is 10.2. The molecule has 0 atom stereocenters. The summed E-state index contributed by atoms with van der Waals surface area (Å²) in [4.78, 5) is 11.1. The molecule has 4 heteroatoms. The number of carbonyl (C=O) groups is 1. The van der Waals surface area contributed by atoms with Gasteiger partial charge in [-0.1, -0.05) is 36.4 Å². The molecular formula is C17H15IO3. The Labute approximate surface area is 137 Å². The lowest BCUT2D eigenvalue weighted by molar-refractivity contribution is -0.134. The smallest absolute Gasteiger partial charge is 0.330 e. The van der Waals surface area contributed by atoms with E-state index in [4.69, 9.17) is 4.74 Å². The second-order valence-corrected chi connectivity index (χ2v) is 5.48. The maximum absolute atomic E-state index is 11.1. The van der Waals surface area contributed by atoms with Crippen LogP contribution in [0.15, 0.2) is 54.6 Å². The van der Waals surface area contributed by atoms with Gasteiger partial charge in [0.1, 0.15) is 12.4 Å². The topological polar surface area (TPSA) is 35.5 Å². The monoisotopic (exact) mass is 394 g/mol. The van der Waals surface area contributed by atoms with Gasteiger partial charge in [0.25, 0.3) is 0 Å². The molecular weight excluding hydrogens is 379 g/mol. The van der Waals surface area contributed by atoms with Gasteiger partial charge in [-0.25, -0.2) is 4.79 Å². The quantitative estimate of drug-likeness (QED) is 0.436. The summed E-state index contributed by atoms with van der Waals surface area (Å²) in [5.41, 5.74) is 2.01. The predicted octanol–water partition coefficient (Wildman–Crippen LogP) is 4.06. The summed E-state index contributed by atoms with van der Waals surface area (Å²) in [5.74, 6) is 0.423. The van der Waals surface area contributed by atoms with Crippen LogP contribution in [-0.4, -0.2) is 13.1 Å². The molecule has 2 rings (SSSR count). The molecule has 0 aliphatic carbocycles. The highest BCUT2D eigenvalue weighted by molar-refractivity contribution is 14.1. The lowest BCUT2D eigenvalue weighted by Crippen LogP contribution is -1.97. The molecule has 3 nitrogen and oxygen atoms in total. The molecule has 0 N–H and O–H groups in total. The van der Waals surface area contributed by atoms with Crippen LogP contribution in [0.3, 0.4) is 0 Å². The van der Waals surface area contributed by atoms with Crippen LogP contribution in [0.4, 0.5) is 0 Å². The predicted molar refractivity (Wildman–Crippen MR) is 91.0 cm³/mol. The normalized spacial score (nSPS) is 10.6. The van der Waals surface area contributed by atoms with Crippen LogP contribution in [0.5, 0.6) is 5.75 Å². The van der Waals surface area contributed by atoms with E-state index < -0.39 is 0 Å². The van der Waals surface area contributed by atoms with Gasteiger partial charge in [-0.2, -0.15) is 0 Å². The van der Waals surface area contributed by atoms with Gasteiger partial charge in [-0.3, -0.25) is 0 Å². The Bertz CT molecular complexity index is 636. The number of hydrogen-bond donors (Lipinski definition) is 0. The zero-order valence-electron chi connectivity index (χ0n) is 11.6. The zero-order chi connectivity index (χ0) is 15.1. The third kappa shape index (κ3) is 4.90. The van der Waals surface area contributed by atoms with E-state index in [2.05, 4.69) is 27.3 Å². The molecule has 0 amide bonds. The van der Waals surface area contributed by atoms with Crippen molar-refractivity contribution in [3.05, 3.63) is 69.3 Å². The summed E-state index contributed by atoms with van der Waals surface area (Å²) >= 11 is 2.23. The van der Waals surface area contributed by atoms with Crippen LogP contribution < -0.4 is 4.74 Å². The highest BCUT2D eigenvalue weighted by atomic mass is 127. The Balaban J connectivity index is 2.08. The van der Waals surface area contributed by atoms with Gasteiger partial charge in [-0.15, -0.1) is 0 Å². The van der Waals surface area contributed by atoms with Crippen molar-refractivity contribution in [3.8, 4) is 5.75 Å². The largest absolute Gasteiger partial charge is 0.488 e. The lowest BCUT2D eigenvalue weighted by Gasteiger charge is -2.09. The van der Waals surface area contributed by atoms with Gasteiger partial charge in [-0.05, 0) is 51.9 Å². The molecule has 0 spiro atoms. The average molecular weight is 394 g/mol. The summed E-state index contributed by atoms with van der Waals surface area (Å²) in [7, 11) is 1.36. The average Bonchev–Trinajstić information content (AvgIpc) is 2.53. The summed E-state index contributed by atoms with van der Waals surface area (Å²) in [6.45, 7) is 0.515. The van der Waals surface area contributed by atoms with E-state index in [-0.39, 0.29) is 5.97 Å². The van der Waals surface area contributed by atoms with E-state index in [0.29, 0.717) is 6.61 Å². The number of halogens is 1. The van der Waals surface area contributed by atoms with Crippen LogP contribution in [-0.2, 0) is 16.1 Å². The van der Waals surface area contributed by atoms with Crippen LogP contribution in [0.1, 0.15) is 11.1 Å². The molecule has 0 unspecified atom stereocenters. The van der Waals surface area contributed by atoms with Crippen LogP contribution in [0.25, 0.3) is 6.08 Å².